The zero-order valence-electron chi connectivity index (χ0n) is 11.1. The minimum atomic E-state index is -0.291. The van der Waals surface area contributed by atoms with Crippen molar-refractivity contribution in [2.45, 2.75) is 19.9 Å². The number of pyridine rings is 1. The highest BCUT2D eigenvalue weighted by Crippen LogP contribution is 2.28. The minimum Gasteiger partial charge on any atom is -0.493 e. The van der Waals surface area contributed by atoms with Crippen LogP contribution in [-0.2, 0) is 7.05 Å². The molecule has 0 fully saturated rings. The number of ether oxygens (including phenoxy) is 1. The monoisotopic (exact) mass is 246 g/mol. The smallest absolute Gasteiger partial charge is 0.161 e. The van der Waals surface area contributed by atoms with Gasteiger partial charge in [-0.2, -0.15) is 5.10 Å². The molecule has 18 heavy (non-hydrogen) atoms. The fraction of sp³-hybridized carbons (Fsp3) is 0.385. The Morgan fingerprint density at radius 3 is 2.67 bits per heavy atom. The van der Waals surface area contributed by atoms with Gasteiger partial charge >= 0.3 is 0 Å². The average Bonchev–Trinajstić information content (AvgIpc) is 2.69. The Kier molecular flexibility index (Phi) is 3.34. The van der Waals surface area contributed by atoms with E-state index in [4.69, 9.17) is 10.5 Å². The topological polar surface area (TPSA) is 66.0 Å². The fourth-order valence-electron chi connectivity index (χ4n) is 2.11. The van der Waals surface area contributed by atoms with Gasteiger partial charge in [0.15, 0.2) is 5.75 Å². The van der Waals surface area contributed by atoms with Gasteiger partial charge in [-0.25, -0.2) is 0 Å². The van der Waals surface area contributed by atoms with E-state index in [1.165, 1.54) is 0 Å². The zero-order chi connectivity index (χ0) is 13.3. The Morgan fingerprint density at radius 2 is 2.06 bits per heavy atom. The molecule has 0 aliphatic heterocycles. The molecule has 2 aromatic rings. The van der Waals surface area contributed by atoms with E-state index in [0.717, 1.165) is 22.6 Å². The maximum absolute atomic E-state index is 6.31. The summed E-state index contributed by atoms with van der Waals surface area (Å²) >= 11 is 0. The number of rotatable bonds is 3. The summed E-state index contributed by atoms with van der Waals surface area (Å²) in [5.74, 6) is 0.699. The van der Waals surface area contributed by atoms with E-state index in [2.05, 4.69) is 10.1 Å². The molecule has 2 N–H and O–H groups in total. The third-order valence-corrected chi connectivity index (χ3v) is 3.06. The number of methoxy groups -OCH3 is 1. The lowest BCUT2D eigenvalue weighted by Crippen LogP contribution is -2.18. The van der Waals surface area contributed by atoms with Crippen molar-refractivity contribution in [3.05, 3.63) is 41.0 Å². The first-order valence-corrected chi connectivity index (χ1v) is 5.80. The molecule has 2 aromatic heterocycles. The van der Waals surface area contributed by atoms with Crippen molar-refractivity contribution < 1.29 is 4.74 Å². The molecule has 0 amide bonds. The number of nitrogens with two attached hydrogens (primary N) is 1. The Hall–Kier alpha value is -1.88. The van der Waals surface area contributed by atoms with Gasteiger partial charge in [0.2, 0.25) is 0 Å². The standard InChI is InChI=1S/C13H18N4O/c1-8-5-6-10(9(2)16-8)12(14)13-11(18-4)7-15-17(13)3/h5-7,12H,14H2,1-4H3. The summed E-state index contributed by atoms with van der Waals surface area (Å²) in [7, 11) is 3.47. The van der Waals surface area contributed by atoms with Crippen LogP contribution in [0, 0.1) is 13.8 Å². The molecule has 96 valence electrons. The summed E-state index contributed by atoms with van der Waals surface area (Å²) in [6.07, 6.45) is 1.67. The van der Waals surface area contributed by atoms with Crippen LogP contribution in [0.25, 0.3) is 0 Å². The molecule has 0 radical (unpaired) electrons. The fourth-order valence-corrected chi connectivity index (χ4v) is 2.11. The van der Waals surface area contributed by atoms with Crippen LogP contribution >= 0.6 is 0 Å². The van der Waals surface area contributed by atoms with E-state index in [1.54, 1.807) is 18.0 Å². The minimum absolute atomic E-state index is 0.291. The Balaban J connectivity index is 2.47. The van der Waals surface area contributed by atoms with Crippen molar-refractivity contribution in [1.82, 2.24) is 14.8 Å². The Labute approximate surface area is 107 Å². The number of nitrogens with zero attached hydrogens (tertiary/aromatic N) is 3. The van der Waals surface area contributed by atoms with E-state index >= 15 is 0 Å². The molecule has 5 heteroatoms. The van der Waals surface area contributed by atoms with Gasteiger partial charge < -0.3 is 10.5 Å². The molecule has 1 atom stereocenters. The molecule has 5 nitrogen and oxygen atoms in total. The van der Waals surface area contributed by atoms with Gasteiger partial charge in [-0.1, -0.05) is 6.07 Å². The molecule has 0 aliphatic carbocycles. The number of hydrogen-bond acceptors (Lipinski definition) is 4. The normalized spacial score (nSPS) is 12.5. The van der Waals surface area contributed by atoms with Crippen LogP contribution in [0.2, 0.25) is 0 Å². The second-order valence-electron chi connectivity index (χ2n) is 4.33. The van der Waals surface area contributed by atoms with Crippen molar-refractivity contribution in [2.24, 2.45) is 12.8 Å². The predicted octanol–water partition coefficient (Wildman–Crippen LogP) is 1.49. The van der Waals surface area contributed by atoms with Gasteiger partial charge in [0.25, 0.3) is 0 Å². The maximum atomic E-state index is 6.31. The molecule has 0 saturated carbocycles. The number of hydrogen-bond donors (Lipinski definition) is 1. The summed E-state index contributed by atoms with van der Waals surface area (Å²) in [5.41, 5.74) is 10.1. The number of aryl methyl sites for hydroxylation is 3. The first-order chi connectivity index (χ1) is 8.54. The SMILES string of the molecule is COc1cnn(C)c1C(N)c1ccc(C)nc1C. The van der Waals surface area contributed by atoms with Crippen molar-refractivity contribution in [1.29, 1.82) is 0 Å². The Bertz CT molecular complexity index is 562. The first kappa shape index (κ1) is 12.6. The lowest BCUT2D eigenvalue weighted by atomic mass is 10.0. The van der Waals surface area contributed by atoms with Crippen molar-refractivity contribution in [3.63, 3.8) is 0 Å². The average molecular weight is 246 g/mol. The highest BCUT2D eigenvalue weighted by Gasteiger charge is 2.20. The van der Waals surface area contributed by atoms with Crippen LogP contribution < -0.4 is 10.5 Å². The van der Waals surface area contributed by atoms with Crippen molar-refractivity contribution in [3.8, 4) is 5.75 Å². The quantitative estimate of drug-likeness (QED) is 0.891. The van der Waals surface area contributed by atoms with E-state index in [0.29, 0.717) is 5.75 Å². The lowest BCUT2D eigenvalue weighted by molar-refractivity contribution is 0.406. The van der Waals surface area contributed by atoms with E-state index in [-0.39, 0.29) is 6.04 Å². The van der Waals surface area contributed by atoms with Crippen LogP contribution in [-0.4, -0.2) is 21.9 Å². The van der Waals surface area contributed by atoms with Gasteiger partial charge in [-0.15, -0.1) is 0 Å². The molecular formula is C13H18N4O. The maximum Gasteiger partial charge on any atom is 0.161 e. The molecular weight excluding hydrogens is 228 g/mol. The van der Waals surface area contributed by atoms with Crippen molar-refractivity contribution in [2.75, 3.05) is 7.11 Å². The van der Waals surface area contributed by atoms with Gasteiger partial charge in [0.1, 0.15) is 5.69 Å². The molecule has 0 aromatic carbocycles. The number of aromatic nitrogens is 3. The molecule has 1 unspecified atom stereocenters. The largest absolute Gasteiger partial charge is 0.493 e. The zero-order valence-corrected chi connectivity index (χ0v) is 11.1. The summed E-state index contributed by atoms with van der Waals surface area (Å²) in [4.78, 5) is 4.44. The van der Waals surface area contributed by atoms with Crippen molar-refractivity contribution >= 4 is 0 Å². The van der Waals surface area contributed by atoms with Crippen LogP contribution in [0.1, 0.15) is 28.7 Å². The third kappa shape index (κ3) is 2.09. The lowest BCUT2D eigenvalue weighted by Gasteiger charge is -2.16. The molecule has 0 bridgehead atoms. The molecule has 0 saturated heterocycles. The molecule has 2 heterocycles. The second-order valence-corrected chi connectivity index (χ2v) is 4.33. The van der Waals surface area contributed by atoms with Crippen LogP contribution in [0.3, 0.4) is 0 Å². The van der Waals surface area contributed by atoms with Gasteiger partial charge in [0.05, 0.1) is 19.3 Å². The van der Waals surface area contributed by atoms with Gasteiger partial charge in [-0.05, 0) is 25.5 Å². The van der Waals surface area contributed by atoms with Crippen LogP contribution in [0.5, 0.6) is 5.75 Å². The predicted molar refractivity (Wildman–Crippen MR) is 69.5 cm³/mol. The Morgan fingerprint density at radius 1 is 1.33 bits per heavy atom. The second kappa shape index (κ2) is 4.78. The summed E-state index contributed by atoms with van der Waals surface area (Å²) in [5, 5.41) is 4.17. The van der Waals surface area contributed by atoms with Gasteiger partial charge in [0, 0.05) is 18.4 Å². The molecule has 0 spiro atoms. The van der Waals surface area contributed by atoms with E-state index < -0.39 is 0 Å². The summed E-state index contributed by atoms with van der Waals surface area (Å²) in [6.45, 7) is 3.93. The third-order valence-electron chi connectivity index (χ3n) is 3.06. The van der Waals surface area contributed by atoms with E-state index in [1.807, 2.05) is 33.0 Å². The van der Waals surface area contributed by atoms with Crippen LogP contribution in [0.15, 0.2) is 18.3 Å². The first-order valence-electron chi connectivity index (χ1n) is 5.80. The van der Waals surface area contributed by atoms with E-state index in [9.17, 15) is 0 Å². The van der Waals surface area contributed by atoms with Gasteiger partial charge in [-0.3, -0.25) is 9.67 Å². The molecule has 2 rings (SSSR count). The highest BCUT2D eigenvalue weighted by atomic mass is 16.5. The highest BCUT2D eigenvalue weighted by molar-refractivity contribution is 5.37. The summed E-state index contributed by atoms with van der Waals surface area (Å²) in [6, 6.07) is 3.68. The summed E-state index contributed by atoms with van der Waals surface area (Å²) < 4.78 is 7.03. The van der Waals surface area contributed by atoms with Crippen LogP contribution in [0.4, 0.5) is 0 Å². The molecule has 0 aliphatic rings.